The highest BCUT2D eigenvalue weighted by Gasteiger charge is 1.88. The lowest BCUT2D eigenvalue weighted by Gasteiger charge is -1.81. The summed E-state index contributed by atoms with van der Waals surface area (Å²) in [6, 6.07) is 0. The smallest absolute Gasteiger partial charge is 0.195 e. The van der Waals surface area contributed by atoms with E-state index in [1.165, 1.54) is 0 Å². The van der Waals surface area contributed by atoms with Gasteiger partial charge in [-0.1, -0.05) is 0 Å². The fourth-order valence-corrected chi connectivity index (χ4v) is 0.166. The minimum absolute atomic E-state index is 0.159. The number of nitrogens with zero attached hydrogens (tertiary/aromatic N) is 2. The van der Waals surface area contributed by atoms with Crippen LogP contribution < -0.4 is 0 Å². The normalized spacial score (nSPS) is 6.25. The van der Waals surface area contributed by atoms with Crippen LogP contribution in [-0.4, -0.2) is 13.2 Å². The monoisotopic (exact) mass is 112 g/mol. The zero-order valence-electron chi connectivity index (χ0n) is 4.13. The van der Waals surface area contributed by atoms with E-state index in [-0.39, 0.29) is 13.2 Å². The van der Waals surface area contributed by atoms with Gasteiger partial charge in [-0.15, -0.1) is 0 Å². The molecule has 0 aliphatic carbocycles. The van der Waals surface area contributed by atoms with Crippen molar-refractivity contribution in [2.24, 2.45) is 0 Å². The lowest BCUT2D eigenvalue weighted by Crippen LogP contribution is -1.93. The van der Waals surface area contributed by atoms with Gasteiger partial charge in [0.05, 0.1) is 0 Å². The van der Waals surface area contributed by atoms with E-state index < -0.39 is 0 Å². The van der Waals surface area contributed by atoms with Crippen LogP contribution in [0.4, 0.5) is 0 Å². The van der Waals surface area contributed by atoms with Crippen LogP contribution in [0.2, 0.25) is 0 Å². The third-order valence-electron chi connectivity index (χ3n) is 0.395. The molecule has 0 aromatic heterocycles. The maximum absolute atomic E-state index is 6.11. The molecule has 8 heavy (non-hydrogen) atoms. The Morgan fingerprint density at radius 2 is 1.38 bits per heavy atom. The summed E-state index contributed by atoms with van der Waals surface area (Å²) in [5.41, 5.74) is 0. The zero-order chi connectivity index (χ0) is 6.24. The van der Waals surface area contributed by atoms with Crippen molar-refractivity contribution < 1.29 is 9.68 Å². The van der Waals surface area contributed by atoms with Gasteiger partial charge in [0.15, 0.2) is 0 Å². The molecular formula is C4H4N2O2. The van der Waals surface area contributed by atoms with Crippen LogP contribution in [0.3, 0.4) is 0 Å². The second-order valence-corrected chi connectivity index (χ2v) is 0.849. The van der Waals surface area contributed by atoms with Gasteiger partial charge in [0.25, 0.3) is 0 Å². The summed E-state index contributed by atoms with van der Waals surface area (Å²) < 4.78 is 0. The van der Waals surface area contributed by atoms with Crippen LogP contribution in [0.15, 0.2) is 0 Å². The van der Waals surface area contributed by atoms with Gasteiger partial charge in [-0.05, 0) is 10.0 Å². The van der Waals surface area contributed by atoms with E-state index in [0.717, 1.165) is 0 Å². The molecule has 0 radical (unpaired) electrons. The van der Waals surface area contributed by atoms with Gasteiger partial charge < -0.3 is 0 Å². The number of rotatable bonds is 3. The predicted octanol–water partition coefficient (Wildman–Crippen LogP) is 0.688. The average molecular weight is 112 g/mol. The van der Waals surface area contributed by atoms with Gasteiger partial charge in [-0.3, -0.25) is 0 Å². The van der Waals surface area contributed by atoms with E-state index in [4.69, 9.17) is 13.1 Å². The van der Waals surface area contributed by atoms with Crippen LogP contribution in [0.25, 0.3) is 10.0 Å². The molecule has 42 valence electrons. The third kappa shape index (κ3) is 4.58. The molecule has 0 aromatic rings. The molecule has 0 aromatic carbocycles. The molecule has 0 aliphatic rings. The Kier molecular flexibility index (Phi) is 4.59. The standard InChI is InChI=1S/C4H4N2O2/c1-5-7-3-4-8-6-2/h3-4H2. The molecule has 0 heterocycles. The first-order valence-corrected chi connectivity index (χ1v) is 1.89. The Morgan fingerprint density at radius 3 is 1.62 bits per heavy atom. The van der Waals surface area contributed by atoms with Crippen LogP contribution in [0, 0.1) is 13.1 Å². The Bertz CT molecular complexity index is 105. The lowest BCUT2D eigenvalue weighted by molar-refractivity contribution is 0.143. The van der Waals surface area contributed by atoms with E-state index in [9.17, 15) is 0 Å². The van der Waals surface area contributed by atoms with Crippen molar-refractivity contribution in [2.75, 3.05) is 13.2 Å². The van der Waals surface area contributed by atoms with Gasteiger partial charge in [-0.25, -0.2) is 0 Å². The van der Waals surface area contributed by atoms with Crippen molar-refractivity contribution in [3.8, 4) is 0 Å². The van der Waals surface area contributed by atoms with E-state index in [0.29, 0.717) is 0 Å². The van der Waals surface area contributed by atoms with Crippen LogP contribution in [0.5, 0.6) is 0 Å². The van der Waals surface area contributed by atoms with Crippen molar-refractivity contribution in [3.63, 3.8) is 0 Å². The first-order valence-electron chi connectivity index (χ1n) is 1.89. The fourth-order valence-electron chi connectivity index (χ4n) is 0.166. The molecule has 0 saturated heterocycles. The number of hydrogen-bond donors (Lipinski definition) is 0. The predicted molar refractivity (Wildman–Crippen MR) is 25.1 cm³/mol. The summed E-state index contributed by atoms with van der Waals surface area (Å²) >= 11 is 0. The molecule has 0 bridgehead atoms. The summed E-state index contributed by atoms with van der Waals surface area (Å²) in [5, 5.41) is 5.15. The molecule has 0 rings (SSSR count). The SMILES string of the molecule is [C-]#[N+]OCCO[N+]#[C-]. The topological polar surface area (TPSA) is 27.2 Å². The van der Waals surface area contributed by atoms with Gasteiger partial charge >= 0.3 is 0 Å². The summed E-state index contributed by atoms with van der Waals surface area (Å²) in [6.45, 7) is 12.5. The van der Waals surface area contributed by atoms with E-state index >= 15 is 0 Å². The quantitative estimate of drug-likeness (QED) is 0.305. The lowest BCUT2D eigenvalue weighted by atomic mass is 10.8. The van der Waals surface area contributed by atoms with Crippen LogP contribution in [-0.2, 0) is 9.68 Å². The second kappa shape index (κ2) is 5.58. The molecular weight excluding hydrogens is 108 g/mol. The minimum Gasteiger partial charge on any atom is -0.195 e. The van der Waals surface area contributed by atoms with Crippen molar-refractivity contribution >= 4 is 0 Å². The summed E-state index contributed by atoms with van der Waals surface area (Å²) in [5.74, 6) is 0. The largest absolute Gasteiger partial charge is 0.216 e. The molecule has 0 unspecified atom stereocenters. The fraction of sp³-hybridized carbons (Fsp3) is 0.500. The van der Waals surface area contributed by atoms with Crippen molar-refractivity contribution in [3.05, 3.63) is 23.2 Å². The van der Waals surface area contributed by atoms with Gasteiger partial charge in [0, 0.05) is 0 Å². The highest BCUT2D eigenvalue weighted by atomic mass is 16.7. The molecule has 0 spiro atoms. The molecule has 0 fully saturated rings. The first-order chi connectivity index (χ1) is 3.91. The van der Waals surface area contributed by atoms with E-state index in [1.807, 2.05) is 0 Å². The molecule has 0 aliphatic heterocycles. The van der Waals surface area contributed by atoms with E-state index in [1.54, 1.807) is 0 Å². The van der Waals surface area contributed by atoms with Gasteiger partial charge in [0.1, 0.15) is 0 Å². The summed E-state index contributed by atoms with van der Waals surface area (Å²) in [7, 11) is 0. The zero-order valence-corrected chi connectivity index (χ0v) is 4.13. The maximum atomic E-state index is 6.11. The first kappa shape index (κ1) is 6.58. The highest BCUT2D eigenvalue weighted by molar-refractivity contribution is 4.33. The van der Waals surface area contributed by atoms with Crippen molar-refractivity contribution in [1.29, 1.82) is 0 Å². The molecule has 0 atom stereocenters. The Balaban J connectivity index is 2.77. The van der Waals surface area contributed by atoms with Crippen LogP contribution in [0.1, 0.15) is 0 Å². The molecule has 4 heteroatoms. The molecule has 0 saturated carbocycles. The molecule has 4 nitrogen and oxygen atoms in total. The van der Waals surface area contributed by atoms with Gasteiger partial charge in [-0.2, -0.15) is 22.8 Å². The number of hydrogen-bond acceptors (Lipinski definition) is 2. The van der Waals surface area contributed by atoms with Crippen molar-refractivity contribution in [1.82, 2.24) is 0 Å². The maximum Gasteiger partial charge on any atom is 0.216 e. The summed E-state index contributed by atoms with van der Waals surface area (Å²) in [4.78, 5) is 8.32. The molecule has 0 N–H and O–H groups in total. The molecule has 0 amide bonds. The average Bonchev–Trinajstić information content (AvgIpc) is 1.81. The van der Waals surface area contributed by atoms with Crippen LogP contribution >= 0.6 is 0 Å². The summed E-state index contributed by atoms with van der Waals surface area (Å²) in [6.07, 6.45) is 0. The Morgan fingerprint density at radius 1 is 1.00 bits per heavy atom. The third-order valence-corrected chi connectivity index (χ3v) is 0.395. The van der Waals surface area contributed by atoms with Crippen molar-refractivity contribution in [2.45, 2.75) is 0 Å². The Labute approximate surface area is 47.2 Å². The van der Waals surface area contributed by atoms with E-state index in [2.05, 4.69) is 19.7 Å². The highest BCUT2D eigenvalue weighted by Crippen LogP contribution is 1.76. The van der Waals surface area contributed by atoms with Gasteiger partial charge in [0.2, 0.25) is 13.2 Å². The minimum atomic E-state index is 0.159. The second-order valence-electron chi connectivity index (χ2n) is 0.849. The Hall–Kier alpha value is -1.42.